The molecular weight excluding hydrogens is 266 g/mol. The number of ether oxygens (including phenoxy) is 1. The molecule has 122 valence electrons. The molecule has 20 heavy (non-hydrogen) atoms. The molecule has 0 amide bonds. The van der Waals surface area contributed by atoms with E-state index < -0.39 is 8.32 Å². The predicted octanol–water partition coefficient (Wildman–Crippen LogP) is 4.49. The highest BCUT2D eigenvalue weighted by Gasteiger charge is 2.47. The van der Waals surface area contributed by atoms with Crippen LogP contribution in [-0.4, -0.2) is 45.7 Å². The van der Waals surface area contributed by atoms with Gasteiger partial charge in [0.25, 0.3) is 0 Å². The first-order valence-corrected chi connectivity index (χ1v) is 11.6. The Balaban J connectivity index is 0.000000336. The first-order valence-electron chi connectivity index (χ1n) is 8.20. The Labute approximate surface area is 128 Å². The van der Waals surface area contributed by atoms with Gasteiger partial charge in [-0.15, -0.1) is 0 Å². The third-order valence-corrected chi connectivity index (χ3v) is 3.82. The molecule has 0 spiro atoms. The van der Waals surface area contributed by atoms with Gasteiger partial charge >= 0.3 is 0 Å². The van der Waals surface area contributed by atoms with Gasteiger partial charge in [0.1, 0.15) is 0 Å². The van der Waals surface area contributed by atoms with Crippen molar-refractivity contribution in [3.63, 3.8) is 0 Å². The lowest BCUT2D eigenvalue weighted by atomic mass is 10.6. The maximum absolute atomic E-state index is 5.89. The molecule has 3 nitrogen and oxygen atoms in total. The van der Waals surface area contributed by atoms with E-state index in [0.717, 1.165) is 25.5 Å². The Morgan fingerprint density at radius 1 is 1.05 bits per heavy atom. The van der Waals surface area contributed by atoms with Crippen LogP contribution < -0.4 is 0 Å². The molecule has 2 aliphatic rings. The van der Waals surface area contributed by atoms with Gasteiger partial charge in [-0.3, -0.25) is 0 Å². The Kier molecular flexibility index (Phi) is 9.23. The van der Waals surface area contributed by atoms with Crippen molar-refractivity contribution in [3.05, 3.63) is 0 Å². The average Bonchev–Trinajstić information content (AvgIpc) is 3.11. The molecule has 0 radical (unpaired) electrons. The molecule has 0 atom stereocenters. The van der Waals surface area contributed by atoms with E-state index in [1.165, 1.54) is 19.3 Å². The van der Waals surface area contributed by atoms with Gasteiger partial charge in [-0.1, -0.05) is 20.3 Å². The molecular formula is C16H37NO2Si. The minimum atomic E-state index is -1.39. The second kappa shape index (κ2) is 9.18. The van der Waals surface area contributed by atoms with E-state index in [2.05, 4.69) is 52.5 Å². The van der Waals surface area contributed by atoms with Crippen LogP contribution in [0, 0.1) is 0 Å². The molecule has 4 heteroatoms. The van der Waals surface area contributed by atoms with Crippen LogP contribution in [-0.2, 0) is 9.16 Å². The lowest BCUT2D eigenvalue weighted by molar-refractivity contribution is -0.106. The first-order chi connectivity index (χ1) is 9.19. The summed E-state index contributed by atoms with van der Waals surface area (Å²) in [5.41, 5.74) is 0. The molecule has 0 saturated heterocycles. The van der Waals surface area contributed by atoms with Crippen molar-refractivity contribution in [2.24, 2.45) is 0 Å². The van der Waals surface area contributed by atoms with Crippen molar-refractivity contribution >= 4 is 8.32 Å². The maximum atomic E-state index is 5.89. The highest BCUT2D eigenvalue weighted by atomic mass is 28.4. The van der Waals surface area contributed by atoms with Crippen LogP contribution in [0.1, 0.15) is 52.9 Å². The number of rotatable bonds is 5. The third kappa shape index (κ3) is 10.8. The van der Waals surface area contributed by atoms with Crippen molar-refractivity contribution in [3.8, 4) is 0 Å². The summed E-state index contributed by atoms with van der Waals surface area (Å²) in [5.74, 6) is -0.154. The molecule has 2 rings (SSSR count). The molecule has 0 heterocycles. The monoisotopic (exact) mass is 303 g/mol. The smallest absolute Gasteiger partial charge is 0.187 e. The molecule has 0 aliphatic heterocycles. The van der Waals surface area contributed by atoms with Crippen molar-refractivity contribution in [1.82, 2.24) is 4.90 Å². The minimum Gasteiger partial charge on any atom is -0.391 e. The van der Waals surface area contributed by atoms with Crippen LogP contribution in [0.2, 0.25) is 19.6 Å². The summed E-state index contributed by atoms with van der Waals surface area (Å²) in [6, 6.07) is 0.935. The molecule has 2 fully saturated rings. The quantitative estimate of drug-likeness (QED) is 0.552. The fourth-order valence-corrected chi connectivity index (χ4v) is 3.17. The van der Waals surface area contributed by atoms with E-state index in [-0.39, 0.29) is 5.79 Å². The van der Waals surface area contributed by atoms with E-state index >= 15 is 0 Å². The van der Waals surface area contributed by atoms with Gasteiger partial charge in [0, 0.05) is 25.5 Å². The van der Waals surface area contributed by atoms with Crippen LogP contribution in [0.15, 0.2) is 0 Å². The second-order valence-corrected chi connectivity index (χ2v) is 11.4. The maximum Gasteiger partial charge on any atom is 0.187 e. The second-order valence-electron chi connectivity index (χ2n) is 6.96. The van der Waals surface area contributed by atoms with E-state index in [1.807, 2.05) is 6.92 Å². The summed E-state index contributed by atoms with van der Waals surface area (Å²) < 4.78 is 11.4. The zero-order valence-electron chi connectivity index (χ0n) is 15.1. The Hall–Kier alpha value is 0.0969. The lowest BCUT2D eigenvalue weighted by Gasteiger charge is -2.25. The Morgan fingerprint density at radius 3 is 1.65 bits per heavy atom. The first kappa shape index (κ1) is 20.1. The van der Waals surface area contributed by atoms with Crippen LogP contribution >= 0.6 is 0 Å². The summed E-state index contributed by atoms with van der Waals surface area (Å²) in [4.78, 5) is 2.28. The summed E-state index contributed by atoms with van der Waals surface area (Å²) in [5, 5.41) is 0. The molecule has 2 aliphatic carbocycles. The van der Waals surface area contributed by atoms with Gasteiger partial charge in [-0.2, -0.15) is 0 Å². The molecule has 2 saturated carbocycles. The van der Waals surface area contributed by atoms with Crippen LogP contribution in [0.4, 0.5) is 0 Å². The largest absolute Gasteiger partial charge is 0.391 e. The fraction of sp³-hybridized carbons (Fsp3) is 1.00. The Bertz CT molecular complexity index is 243. The fourth-order valence-electron chi connectivity index (χ4n) is 1.79. The van der Waals surface area contributed by atoms with Crippen LogP contribution in [0.3, 0.4) is 0 Å². The van der Waals surface area contributed by atoms with Crippen LogP contribution in [0.25, 0.3) is 0 Å². The van der Waals surface area contributed by atoms with Crippen molar-refractivity contribution in [2.75, 3.05) is 20.7 Å². The van der Waals surface area contributed by atoms with Gasteiger partial charge in [-0.05, 0) is 53.5 Å². The topological polar surface area (TPSA) is 21.7 Å². The molecule has 0 unspecified atom stereocenters. The zero-order chi connectivity index (χ0) is 15.8. The van der Waals surface area contributed by atoms with Crippen molar-refractivity contribution < 1.29 is 9.16 Å². The molecule has 0 aromatic heterocycles. The molecule has 0 bridgehead atoms. The van der Waals surface area contributed by atoms with Crippen molar-refractivity contribution in [1.29, 1.82) is 0 Å². The predicted molar refractivity (Wildman–Crippen MR) is 90.7 cm³/mol. The highest BCUT2D eigenvalue weighted by Crippen LogP contribution is 2.42. The van der Waals surface area contributed by atoms with Gasteiger partial charge < -0.3 is 14.1 Å². The lowest BCUT2D eigenvalue weighted by Crippen LogP contribution is -2.34. The van der Waals surface area contributed by atoms with E-state index in [4.69, 9.17) is 9.16 Å². The SMILES string of the molecule is CCC.CCOC1(O[Si](C)(C)C)CC1.CN(C)C1CC1. The van der Waals surface area contributed by atoms with Gasteiger partial charge in [0.15, 0.2) is 14.1 Å². The Morgan fingerprint density at radius 2 is 1.50 bits per heavy atom. The summed E-state index contributed by atoms with van der Waals surface area (Å²) in [6.45, 7) is 13.6. The minimum absolute atomic E-state index is 0.154. The summed E-state index contributed by atoms with van der Waals surface area (Å²) in [6.07, 6.45) is 6.27. The molecule has 0 aromatic carbocycles. The van der Waals surface area contributed by atoms with Gasteiger partial charge in [0.2, 0.25) is 0 Å². The standard InChI is InChI=1S/C8H18O2Si.C5H11N.C3H8/c1-5-9-8(6-7-8)10-11(2,3)4;1-6(2)5-3-4-5;1-3-2/h5-7H2,1-4H3;5H,3-4H2,1-2H3;3H2,1-2H3. The summed E-state index contributed by atoms with van der Waals surface area (Å²) >= 11 is 0. The number of hydrogen-bond acceptors (Lipinski definition) is 3. The van der Waals surface area contributed by atoms with E-state index in [0.29, 0.717) is 0 Å². The van der Waals surface area contributed by atoms with E-state index in [9.17, 15) is 0 Å². The molecule has 0 aromatic rings. The van der Waals surface area contributed by atoms with Crippen molar-refractivity contribution in [2.45, 2.75) is 84.3 Å². The highest BCUT2D eigenvalue weighted by molar-refractivity contribution is 6.69. The van der Waals surface area contributed by atoms with Crippen LogP contribution in [0.5, 0.6) is 0 Å². The number of nitrogens with zero attached hydrogens (tertiary/aromatic N) is 1. The normalized spacial score (nSPS) is 19.6. The molecule has 0 N–H and O–H groups in total. The zero-order valence-corrected chi connectivity index (χ0v) is 16.1. The van der Waals surface area contributed by atoms with Gasteiger partial charge in [-0.25, -0.2) is 0 Å². The van der Waals surface area contributed by atoms with E-state index in [1.54, 1.807) is 0 Å². The van der Waals surface area contributed by atoms with Gasteiger partial charge in [0.05, 0.1) is 0 Å². The average molecular weight is 304 g/mol. The number of hydrogen-bond donors (Lipinski definition) is 0. The summed E-state index contributed by atoms with van der Waals surface area (Å²) in [7, 11) is 2.88. The third-order valence-electron chi connectivity index (χ3n) is 2.83.